The molecule has 0 bridgehead atoms. The third-order valence-corrected chi connectivity index (χ3v) is 4.14. The highest BCUT2D eigenvalue weighted by Gasteiger charge is 2.20. The first kappa shape index (κ1) is 16.6. The Kier molecular flexibility index (Phi) is 5.29. The minimum Gasteiger partial charge on any atom is -0.493 e. The van der Waals surface area contributed by atoms with Crippen LogP contribution in [0.5, 0.6) is 11.5 Å². The van der Waals surface area contributed by atoms with Crippen LogP contribution >= 0.6 is 34.4 Å². The molecule has 3 N–H and O–H groups in total. The minimum atomic E-state index is -1.08. The van der Waals surface area contributed by atoms with Gasteiger partial charge in [0.25, 0.3) is 5.91 Å². The summed E-state index contributed by atoms with van der Waals surface area (Å²) >= 11 is 3.10. The van der Waals surface area contributed by atoms with Gasteiger partial charge in [0.05, 0.1) is 15.6 Å². The number of aliphatic carboxylic acids is 1. The number of nitrogens with two attached hydrogens (primary N) is 1. The van der Waals surface area contributed by atoms with Crippen molar-refractivity contribution in [3.8, 4) is 11.5 Å². The molecule has 1 aliphatic heterocycles. The molecule has 0 saturated heterocycles. The van der Waals surface area contributed by atoms with Crippen molar-refractivity contribution in [3.05, 3.63) is 26.2 Å². The van der Waals surface area contributed by atoms with E-state index in [2.05, 4.69) is 4.99 Å². The number of halogens is 1. The number of thioether (sulfide) groups is 1. The fourth-order valence-electron chi connectivity index (χ4n) is 1.67. The first-order valence-corrected chi connectivity index (χ1v) is 7.80. The molecule has 2 rings (SSSR count). The molecule has 1 aromatic rings. The molecule has 0 saturated carbocycles. The zero-order valence-corrected chi connectivity index (χ0v) is 14.3. The van der Waals surface area contributed by atoms with E-state index >= 15 is 0 Å². The van der Waals surface area contributed by atoms with Crippen LogP contribution in [-0.4, -0.2) is 35.9 Å². The maximum atomic E-state index is 11.6. The average Bonchev–Trinajstić information content (AvgIpc) is 2.74. The summed E-state index contributed by atoms with van der Waals surface area (Å²) < 4.78 is 11.1. The third-order valence-electron chi connectivity index (χ3n) is 2.53. The Morgan fingerprint density at radius 1 is 1.55 bits per heavy atom. The highest BCUT2D eigenvalue weighted by atomic mass is 127. The van der Waals surface area contributed by atoms with Gasteiger partial charge < -0.3 is 20.3 Å². The Morgan fingerprint density at radius 3 is 2.82 bits per heavy atom. The number of amides is 1. The average molecular weight is 434 g/mol. The van der Waals surface area contributed by atoms with Gasteiger partial charge in [-0.1, -0.05) is 0 Å². The van der Waals surface area contributed by atoms with Gasteiger partial charge in [-0.15, -0.1) is 0 Å². The normalized spacial score (nSPS) is 15.8. The summed E-state index contributed by atoms with van der Waals surface area (Å²) in [6.07, 6.45) is 1.64. The van der Waals surface area contributed by atoms with Crippen molar-refractivity contribution in [2.75, 3.05) is 13.7 Å². The van der Waals surface area contributed by atoms with Gasteiger partial charge in [-0.25, -0.2) is 4.79 Å². The zero-order valence-electron chi connectivity index (χ0n) is 11.3. The molecule has 7 nitrogen and oxygen atoms in total. The van der Waals surface area contributed by atoms with Gasteiger partial charge >= 0.3 is 5.97 Å². The van der Waals surface area contributed by atoms with Crippen LogP contribution in [0.3, 0.4) is 0 Å². The van der Waals surface area contributed by atoms with Crippen LogP contribution in [-0.2, 0) is 9.59 Å². The quantitative estimate of drug-likeness (QED) is 0.536. The van der Waals surface area contributed by atoms with Crippen molar-refractivity contribution in [2.24, 2.45) is 10.7 Å². The molecule has 0 fully saturated rings. The molecule has 0 spiro atoms. The number of carbonyl (C=O) groups excluding carboxylic acids is 1. The SMILES string of the molecule is COc1cc(C=C2SC(N)=NC2=O)cc(I)c1OCC(=O)O. The number of aliphatic imine (C=N–C) groups is 1. The molecule has 0 unspecified atom stereocenters. The number of hydrogen-bond acceptors (Lipinski definition) is 6. The fraction of sp³-hybridized carbons (Fsp3) is 0.154. The van der Waals surface area contributed by atoms with Crippen LogP contribution in [0, 0.1) is 3.57 Å². The number of carboxylic acids is 1. The van der Waals surface area contributed by atoms with Crippen molar-refractivity contribution >= 4 is 57.5 Å². The van der Waals surface area contributed by atoms with Crippen molar-refractivity contribution in [3.63, 3.8) is 0 Å². The molecule has 1 amide bonds. The molecule has 0 aromatic heterocycles. The van der Waals surface area contributed by atoms with Crippen LogP contribution in [0.2, 0.25) is 0 Å². The van der Waals surface area contributed by atoms with Gasteiger partial charge in [0.2, 0.25) is 0 Å². The molecule has 22 heavy (non-hydrogen) atoms. The number of carbonyl (C=O) groups is 2. The first-order valence-electron chi connectivity index (χ1n) is 5.91. The second-order valence-electron chi connectivity index (χ2n) is 4.08. The van der Waals surface area contributed by atoms with Crippen LogP contribution in [0.4, 0.5) is 0 Å². The first-order chi connectivity index (χ1) is 10.4. The molecular weight excluding hydrogens is 423 g/mol. The van der Waals surface area contributed by atoms with E-state index in [0.29, 0.717) is 25.5 Å². The summed E-state index contributed by atoms with van der Waals surface area (Å²) in [4.78, 5) is 26.2. The van der Waals surface area contributed by atoms with Gasteiger partial charge in [-0.3, -0.25) is 4.79 Å². The predicted octanol–water partition coefficient (Wildman–Crippen LogP) is 1.69. The lowest BCUT2D eigenvalue weighted by Crippen LogP contribution is -2.11. The smallest absolute Gasteiger partial charge is 0.341 e. The van der Waals surface area contributed by atoms with E-state index in [9.17, 15) is 9.59 Å². The number of rotatable bonds is 5. The van der Waals surface area contributed by atoms with E-state index in [0.717, 1.165) is 11.8 Å². The number of nitrogens with zero attached hydrogens (tertiary/aromatic N) is 1. The molecule has 9 heteroatoms. The van der Waals surface area contributed by atoms with E-state index in [1.807, 2.05) is 22.6 Å². The number of benzene rings is 1. The third kappa shape index (κ3) is 3.91. The molecule has 1 heterocycles. The van der Waals surface area contributed by atoms with Crippen molar-refractivity contribution in [2.45, 2.75) is 0 Å². The number of methoxy groups -OCH3 is 1. The van der Waals surface area contributed by atoms with Crippen LogP contribution in [0.15, 0.2) is 22.0 Å². The maximum Gasteiger partial charge on any atom is 0.341 e. The van der Waals surface area contributed by atoms with Gasteiger partial charge in [0.1, 0.15) is 0 Å². The predicted molar refractivity (Wildman–Crippen MR) is 91.0 cm³/mol. The fourth-order valence-corrected chi connectivity index (χ4v) is 3.14. The summed E-state index contributed by atoms with van der Waals surface area (Å²) in [5.74, 6) is -0.745. The molecular formula is C13H11IN2O5S. The second kappa shape index (κ2) is 7.01. The molecule has 1 aliphatic rings. The van der Waals surface area contributed by atoms with Crippen LogP contribution < -0.4 is 15.2 Å². The largest absolute Gasteiger partial charge is 0.493 e. The maximum absolute atomic E-state index is 11.6. The Balaban J connectivity index is 2.32. The number of amidine groups is 1. The lowest BCUT2D eigenvalue weighted by molar-refractivity contribution is -0.139. The lowest BCUT2D eigenvalue weighted by Gasteiger charge is -2.12. The Labute approximate surface area is 143 Å². The van der Waals surface area contributed by atoms with Gasteiger partial charge in [0, 0.05) is 0 Å². The Bertz CT molecular complexity index is 702. The number of carboxylic acid groups (broad SMARTS) is 1. The summed E-state index contributed by atoms with van der Waals surface area (Å²) in [5.41, 5.74) is 6.20. The van der Waals surface area contributed by atoms with Crippen molar-refractivity contribution in [1.82, 2.24) is 0 Å². The summed E-state index contributed by atoms with van der Waals surface area (Å²) in [7, 11) is 1.45. The Hall–Kier alpha value is -1.75. The van der Waals surface area contributed by atoms with E-state index in [1.54, 1.807) is 18.2 Å². The summed E-state index contributed by atoms with van der Waals surface area (Å²) in [6.45, 7) is -0.467. The van der Waals surface area contributed by atoms with Gasteiger partial charge in [-0.05, 0) is 58.1 Å². The van der Waals surface area contributed by atoms with Crippen molar-refractivity contribution in [1.29, 1.82) is 0 Å². The van der Waals surface area contributed by atoms with Crippen LogP contribution in [0.1, 0.15) is 5.56 Å². The monoisotopic (exact) mass is 434 g/mol. The second-order valence-corrected chi connectivity index (χ2v) is 6.31. The topological polar surface area (TPSA) is 111 Å². The number of ether oxygens (including phenoxy) is 2. The zero-order chi connectivity index (χ0) is 16.3. The van der Waals surface area contributed by atoms with Gasteiger partial charge in [0.15, 0.2) is 23.3 Å². The highest BCUT2D eigenvalue weighted by molar-refractivity contribution is 14.1. The van der Waals surface area contributed by atoms with Crippen molar-refractivity contribution < 1.29 is 24.2 Å². The van der Waals surface area contributed by atoms with E-state index in [1.165, 1.54) is 7.11 Å². The Morgan fingerprint density at radius 2 is 2.27 bits per heavy atom. The summed E-state index contributed by atoms with van der Waals surface area (Å²) in [5, 5.41) is 8.89. The van der Waals surface area contributed by atoms with E-state index in [4.69, 9.17) is 20.3 Å². The van der Waals surface area contributed by atoms with E-state index in [-0.39, 0.29) is 11.1 Å². The molecule has 116 valence electrons. The molecule has 0 aliphatic carbocycles. The molecule has 0 atom stereocenters. The highest BCUT2D eigenvalue weighted by Crippen LogP contribution is 2.35. The summed E-state index contributed by atoms with van der Waals surface area (Å²) in [6, 6.07) is 3.39. The standard InChI is InChI=1S/C13H11IN2O5S/c1-20-8-3-6(4-9-12(19)16-13(15)22-9)2-7(14)11(8)21-5-10(17)18/h2-4H,5H2,1H3,(H,17,18)(H2,15,16,19). The minimum absolute atomic E-state index is 0.208. The lowest BCUT2D eigenvalue weighted by atomic mass is 10.2. The number of hydrogen-bond donors (Lipinski definition) is 2. The molecule has 0 radical (unpaired) electrons. The van der Waals surface area contributed by atoms with Gasteiger partial charge in [-0.2, -0.15) is 4.99 Å². The van der Waals surface area contributed by atoms with E-state index < -0.39 is 12.6 Å². The molecule has 1 aromatic carbocycles. The van der Waals surface area contributed by atoms with Crippen LogP contribution in [0.25, 0.3) is 6.08 Å².